The Morgan fingerprint density at radius 2 is 1.57 bits per heavy atom. The summed E-state index contributed by atoms with van der Waals surface area (Å²) >= 11 is 5.96. The smallest absolute Gasteiger partial charge is 0.234 e. The van der Waals surface area contributed by atoms with Gasteiger partial charge in [-0.15, -0.1) is 0 Å². The molecule has 0 radical (unpaired) electrons. The van der Waals surface area contributed by atoms with E-state index in [1.54, 1.807) is 0 Å². The summed E-state index contributed by atoms with van der Waals surface area (Å²) in [5.74, 6) is -0.315. The van der Waals surface area contributed by atoms with E-state index in [1.807, 2.05) is 54.6 Å². The highest BCUT2D eigenvalue weighted by Gasteiger charge is 2.39. The molecule has 2 saturated heterocycles. The summed E-state index contributed by atoms with van der Waals surface area (Å²) in [5, 5.41) is 0.735. The molecule has 2 heterocycles. The minimum absolute atomic E-state index is 0.0333. The highest BCUT2D eigenvalue weighted by atomic mass is 35.5. The van der Waals surface area contributed by atoms with Crippen LogP contribution in [0, 0.1) is 5.92 Å². The van der Waals surface area contributed by atoms with Crippen molar-refractivity contribution in [2.24, 2.45) is 5.92 Å². The van der Waals surface area contributed by atoms with Crippen LogP contribution in [0.15, 0.2) is 54.6 Å². The summed E-state index contributed by atoms with van der Waals surface area (Å²) in [7, 11) is 0. The van der Waals surface area contributed by atoms with Crippen molar-refractivity contribution in [2.45, 2.75) is 12.8 Å². The van der Waals surface area contributed by atoms with Crippen molar-refractivity contribution >= 4 is 29.1 Å². The zero-order valence-electron chi connectivity index (χ0n) is 15.8. The number of amides is 2. The van der Waals surface area contributed by atoms with E-state index in [2.05, 4.69) is 9.80 Å². The molecule has 5 nitrogen and oxygen atoms in total. The lowest BCUT2D eigenvalue weighted by molar-refractivity contribution is -0.141. The fourth-order valence-corrected chi connectivity index (χ4v) is 4.08. The summed E-state index contributed by atoms with van der Waals surface area (Å²) in [5.41, 5.74) is 2.26. The zero-order chi connectivity index (χ0) is 19.5. The average molecular weight is 398 g/mol. The van der Waals surface area contributed by atoms with Crippen LogP contribution in [0.25, 0.3) is 0 Å². The monoisotopic (exact) mass is 397 g/mol. The van der Waals surface area contributed by atoms with E-state index in [9.17, 15) is 9.59 Å². The molecule has 0 aromatic heterocycles. The van der Waals surface area contributed by atoms with Gasteiger partial charge in [0.2, 0.25) is 11.8 Å². The number of halogens is 1. The lowest BCUT2D eigenvalue weighted by Crippen LogP contribution is -2.51. The molecule has 0 spiro atoms. The molecule has 0 saturated carbocycles. The molecule has 1 atom stereocenters. The number of hydrogen-bond donors (Lipinski definition) is 0. The van der Waals surface area contributed by atoms with E-state index in [0.29, 0.717) is 19.5 Å². The number of imide groups is 1. The van der Waals surface area contributed by atoms with Gasteiger partial charge < -0.3 is 4.90 Å². The summed E-state index contributed by atoms with van der Waals surface area (Å²) < 4.78 is 0. The van der Waals surface area contributed by atoms with Gasteiger partial charge in [-0.25, -0.2) is 0 Å². The van der Waals surface area contributed by atoms with Gasteiger partial charge in [0.25, 0.3) is 0 Å². The van der Waals surface area contributed by atoms with Crippen LogP contribution in [0.1, 0.15) is 12.0 Å². The summed E-state index contributed by atoms with van der Waals surface area (Å²) in [6.45, 7) is 3.78. The van der Waals surface area contributed by atoms with Gasteiger partial charge in [-0.2, -0.15) is 0 Å². The number of likely N-dealkylation sites (tertiary alicyclic amines) is 1. The molecule has 2 aliphatic heterocycles. The number of rotatable bonds is 5. The van der Waals surface area contributed by atoms with Crippen LogP contribution in [0.5, 0.6) is 0 Å². The standard InChI is InChI=1S/C22H24ClN3O2/c23-19-6-8-20(9-7-19)25-12-10-24(11-13-25)16-26-21(27)15-18(22(26)28)14-17-4-2-1-3-5-17/h1-9,18H,10-16H2. The van der Waals surface area contributed by atoms with Crippen molar-refractivity contribution in [3.8, 4) is 0 Å². The average Bonchev–Trinajstić information content (AvgIpc) is 2.97. The van der Waals surface area contributed by atoms with Crippen molar-refractivity contribution in [1.82, 2.24) is 9.80 Å². The summed E-state index contributed by atoms with van der Waals surface area (Å²) in [4.78, 5) is 31.1. The predicted octanol–water partition coefficient (Wildman–Crippen LogP) is 3.04. The van der Waals surface area contributed by atoms with Crippen LogP contribution in [0.2, 0.25) is 5.02 Å². The van der Waals surface area contributed by atoms with Crippen molar-refractivity contribution < 1.29 is 9.59 Å². The van der Waals surface area contributed by atoms with Gasteiger partial charge in [-0.3, -0.25) is 19.4 Å². The van der Waals surface area contributed by atoms with E-state index < -0.39 is 0 Å². The quantitative estimate of drug-likeness (QED) is 0.727. The molecule has 0 bridgehead atoms. The van der Waals surface area contributed by atoms with Crippen LogP contribution in [-0.4, -0.2) is 54.5 Å². The number of carbonyl (C=O) groups excluding carboxylic acids is 2. The second kappa shape index (κ2) is 8.33. The molecule has 4 rings (SSSR count). The molecule has 2 fully saturated rings. The molecule has 2 amide bonds. The van der Waals surface area contributed by atoms with Gasteiger partial charge in [-0.1, -0.05) is 41.9 Å². The van der Waals surface area contributed by atoms with E-state index in [0.717, 1.165) is 42.5 Å². The fraction of sp³-hybridized carbons (Fsp3) is 0.364. The van der Waals surface area contributed by atoms with Crippen LogP contribution >= 0.6 is 11.6 Å². The van der Waals surface area contributed by atoms with Crippen LogP contribution in [-0.2, 0) is 16.0 Å². The van der Waals surface area contributed by atoms with Crippen LogP contribution in [0.4, 0.5) is 5.69 Å². The summed E-state index contributed by atoms with van der Waals surface area (Å²) in [6.07, 6.45) is 0.949. The van der Waals surface area contributed by atoms with Crippen molar-refractivity contribution in [3.63, 3.8) is 0 Å². The lowest BCUT2D eigenvalue weighted by atomic mass is 9.98. The third-order valence-electron chi connectivity index (χ3n) is 5.57. The molecule has 0 N–H and O–H groups in total. The highest BCUT2D eigenvalue weighted by molar-refractivity contribution is 6.30. The largest absolute Gasteiger partial charge is 0.369 e. The minimum atomic E-state index is -0.231. The Kier molecular flexibility index (Phi) is 5.64. The van der Waals surface area contributed by atoms with Crippen molar-refractivity contribution in [2.75, 3.05) is 37.7 Å². The second-order valence-corrected chi connectivity index (χ2v) is 7.91. The molecular weight excluding hydrogens is 374 g/mol. The number of piperazine rings is 1. The van der Waals surface area contributed by atoms with E-state index in [1.165, 1.54) is 4.90 Å². The Balaban J connectivity index is 1.31. The van der Waals surface area contributed by atoms with Gasteiger partial charge in [0.05, 0.1) is 12.6 Å². The van der Waals surface area contributed by atoms with E-state index in [-0.39, 0.29) is 17.7 Å². The number of hydrogen-bond acceptors (Lipinski definition) is 4. The SMILES string of the molecule is O=C1CC(Cc2ccccc2)C(=O)N1CN1CCN(c2ccc(Cl)cc2)CC1. The first-order valence-corrected chi connectivity index (χ1v) is 10.1. The van der Waals surface area contributed by atoms with Gasteiger partial charge >= 0.3 is 0 Å². The molecule has 2 aromatic rings. The molecule has 1 unspecified atom stereocenters. The molecule has 2 aromatic carbocycles. The third-order valence-corrected chi connectivity index (χ3v) is 5.82. The first-order chi connectivity index (χ1) is 13.6. The molecule has 28 heavy (non-hydrogen) atoms. The normalized spacial score (nSPS) is 20.8. The molecule has 0 aliphatic carbocycles. The Morgan fingerprint density at radius 1 is 0.893 bits per heavy atom. The Labute approximate surface area is 170 Å². The maximum Gasteiger partial charge on any atom is 0.234 e. The molecule has 2 aliphatic rings. The molecular formula is C22H24ClN3O2. The second-order valence-electron chi connectivity index (χ2n) is 7.47. The molecule has 146 valence electrons. The lowest BCUT2D eigenvalue weighted by Gasteiger charge is -2.37. The number of nitrogens with zero attached hydrogens (tertiary/aromatic N) is 3. The number of benzene rings is 2. The van der Waals surface area contributed by atoms with Gasteiger partial charge in [-0.05, 0) is 36.2 Å². The Bertz CT molecular complexity index is 833. The van der Waals surface area contributed by atoms with Crippen LogP contribution in [0.3, 0.4) is 0 Å². The first kappa shape index (κ1) is 19.0. The Hall–Kier alpha value is -2.37. The summed E-state index contributed by atoms with van der Waals surface area (Å²) in [6, 6.07) is 17.8. The van der Waals surface area contributed by atoms with Gasteiger partial charge in [0.1, 0.15) is 0 Å². The maximum atomic E-state index is 12.8. The maximum absolute atomic E-state index is 12.8. The van der Waals surface area contributed by atoms with Crippen LogP contribution < -0.4 is 4.90 Å². The third kappa shape index (κ3) is 4.21. The van der Waals surface area contributed by atoms with E-state index >= 15 is 0 Å². The van der Waals surface area contributed by atoms with E-state index in [4.69, 9.17) is 11.6 Å². The minimum Gasteiger partial charge on any atom is -0.369 e. The number of carbonyl (C=O) groups is 2. The first-order valence-electron chi connectivity index (χ1n) is 9.71. The fourth-order valence-electron chi connectivity index (χ4n) is 3.96. The number of anilines is 1. The van der Waals surface area contributed by atoms with Gasteiger partial charge in [0, 0.05) is 43.3 Å². The molecule has 6 heteroatoms. The van der Waals surface area contributed by atoms with Crippen molar-refractivity contribution in [3.05, 3.63) is 65.2 Å². The zero-order valence-corrected chi connectivity index (χ0v) is 16.5. The van der Waals surface area contributed by atoms with Crippen molar-refractivity contribution in [1.29, 1.82) is 0 Å². The highest BCUT2D eigenvalue weighted by Crippen LogP contribution is 2.25. The van der Waals surface area contributed by atoms with Gasteiger partial charge in [0.15, 0.2) is 0 Å². The topological polar surface area (TPSA) is 43.9 Å². The Morgan fingerprint density at radius 3 is 2.25 bits per heavy atom. The predicted molar refractivity (Wildman–Crippen MR) is 110 cm³/mol.